The van der Waals surface area contributed by atoms with Crippen LogP contribution in [0.1, 0.15) is 38.2 Å². The molecule has 0 amide bonds. The molecule has 0 saturated heterocycles. The van der Waals surface area contributed by atoms with Crippen molar-refractivity contribution < 1.29 is 8.78 Å². The van der Waals surface area contributed by atoms with Crippen LogP contribution in [0.25, 0.3) is 0 Å². The van der Waals surface area contributed by atoms with Crippen LogP contribution in [0.4, 0.5) is 8.78 Å². The zero-order chi connectivity index (χ0) is 12.3. The first-order valence-corrected chi connectivity index (χ1v) is 6.24. The first-order valence-electron chi connectivity index (χ1n) is 6.24. The van der Waals surface area contributed by atoms with Crippen LogP contribution in [-0.2, 0) is 6.54 Å². The van der Waals surface area contributed by atoms with Crippen molar-refractivity contribution in [1.82, 2.24) is 5.32 Å². The standard InChI is InChI=1S/C14H19F2N/c1-14(7-2-3-8-14)10-17-9-11-5-4-6-12(15)13(11)16/h4-6,17H,2-3,7-10H2,1H3. The van der Waals surface area contributed by atoms with E-state index in [4.69, 9.17) is 0 Å². The number of rotatable bonds is 4. The van der Waals surface area contributed by atoms with Crippen molar-refractivity contribution in [3.8, 4) is 0 Å². The SMILES string of the molecule is CC1(CNCc2cccc(F)c2F)CCCC1. The average molecular weight is 239 g/mol. The predicted octanol–water partition coefficient (Wildman–Crippen LogP) is 3.63. The molecule has 0 aromatic heterocycles. The van der Waals surface area contributed by atoms with Crippen molar-refractivity contribution in [2.45, 2.75) is 39.2 Å². The van der Waals surface area contributed by atoms with Crippen LogP contribution in [0.5, 0.6) is 0 Å². The average Bonchev–Trinajstić information content (AvgIpc) is 2.72. The van der Waals surface area contributed by atoms with Crippen molar-refractivity contribution in [3.05, 3.63) is 35.4 Å². The van der Waals surface area contributed by atoms with Gasteiger partial charge >= 0.3 is 0 Å². The summed E-state index contributed by atoms with van der Waals surface area (Å²) in [6.45, 7) is 3.54. The minimum absolute atomic E-state index is 0.337. The van der Waals surface area contributed by atoms with Gasteiger partial charge in [0, 0.05) is 18.7 Å². The molecule has 0 bridgehead atoms. The van der Waals surface area contributed by atoms with Crippen molar-refractivity contribution in [2.75, 3.05) is 6.54 Å². The fourth-order valence-corrected chi connectivity index (χ4v) is 2.59. The summed E-state index contributed by atoms with van der Waals surface area (Å²) in [7, 11) is 0. The fraction of sp³-hybridized carbons (Fsp3) is 0.571. The maximum atomic E-state index is 13.4. The van der Waals surface area contributed by atoms with Crippen molar-refractivity contribution in [3.63, 3.8) is 0 Å². The van der Waals surface area contributed by atoms with Gasteiger partial charge in [-0.2, -0.15) is 0 Å². The lowest BCUT2D eigenvalue weighted by molar-refractivity contribution is 0.313. The molecular formula is C14H19F2N. The van der Waals surface area contributed by atoms with Crippen molar-refractivity contribution in [1.29, 1.82) is 0 Å². The summed E-state index contributed by atoms with van der Waals surface area (Å²) in [5.41, 5.74) is 0.746. The van der Waals surface area contributed by atoms with E-state index in [1.807, 2.05) is 0 Å². The lowest BCUT2D eigenvalue weighted by atomic mass is 9.89. The largest absolute Gasteiger partial charge is 0.312 e. The van der Waals surface area contributed by atoms with Gasteiger partial charge in [0.1, 0.15) is 0 Å². The molecule has 0 atom stereocenters. The van der Waals surface area contributed by atoms with Gasteiger partial charge in [-0.1, -0.05) is 31.9 Å². The summed E-state index contributed by atoms with van der Waals surface area (Å²) >= 11 is 0. The summed E-state index contributed by atoms with van der Waals surface area (Å²) in [5.74, 6) is -1.49. The molecule has 0 aliphatic heterocycles. The first kappa shape index (κ1) is 12.5. The van der Waals surface area contributed by atoms with Crippen LogP contribution in [0.3, 0.4) is 0 Å². The Morgan fingerprint density at radius 3 is 2.65 bits per heavy atom. The van der Waals surface area contributed by atoms with Crippen LogP contribution in [0.2, 0.25) is 0 Å². The zero-order valence-electron chi connectivity index (χ0n) is 10.2. The van der Waals surface area contributed by atoms with Crippen LogP contribution < -0.4 is 5.32 Å². The van der Waals surface area contributed by atoms with Crippen molar-refractivity contribution >= 4 is 0 Å². The molecule has 3 heteroatoms. The molecule has 1 aromatic rings. The summed E-state index contributed by atoms with van der Waals surface area (Å²) in [6.07, 6.45) is 5.02. The van der Waals surface area contributed by atoms with E-state index in [-0.39, 0.29) is 0 Å². The Morgan fingerprint density at radius 2 is 1.94 bits per heavy atom. The Labute approximate surface area is 101 Å². The molecule has 0 unspecified atom stereocenters. The van der Waals surface area contributed by atoms with Gasteiger partial charge < -0.3 is 5.32 Å². The molecule has 1 fully saturated rings. The van der Waals surface area contributed by atoms with E-state index in [1.165, 1.54) is 25.7 Å². The smallest absolute Gasteiger partial charge is 0.163 e. The second-order valence-corrected chi connectivity index (χ2v) is 5.33. The molecule has 1 aromatic carbocycles. The molecule has 1 N–H and O–H groups in total. The number of hydrogen-bond acceptors (Lipinski definition) is 1. The number of nitrogens with one attached hydrogen (secondary N) is 1. The van der Waals surface area contributed by atoms with Crippen LogP contribution in [-0.4, -0.2) is 6.54 Å². The molecule has 94 valence electrons. The van der Waals surface area contributed by atoms with Gasteiger partial charge in [0.05, 0.1) is 0 Å². The maximum absolute atomic E-state index is 13.4. The Balaban J connectivity index is 1.88. The molecule has 1 aliphatic rings. The quantitative estimate of drug-likeness (QED) is 0.846. The van der Waals surface area contributed by atoms with Crippen LogP contribution >= 0.6 is 0 Å². The van der Waals surface area contributed by atoms with Crippen molar-refractivity contribution in [2.24, 2.45) is 5.41 Å². The molecule has 0 spiro atoms. The van der Waals surface area contributed by atoms with Gasteiger partial charge in [-0.15, -0.1) is 0 Å². The third-order valence-electron chi connectivity index (χ3n) is 3.71. The molecule has 0 radical (unpaired) electrons. The van der Waals surface area contributed by atoms with E-state index >= 15 is 0 Å². The molecule has 2 rings (SSSR count). The lowest BCUT2D eigenvalue weighted by Gasteiger charge is -2.23. The highest BCUT2D eigenvalue weighted by Gasteiger charge is 2.27. The molecule has 1 saturated carbocycles. The number of hydrogen-bond donors (Lipinski definition) is 1. The normalized spacial score (nSPS) is 18.5. The minimum atomic E-state index is -0.767. The monoisotopic (exact) mass is 239 g/mol. The first-order chi connectivity index (χ1) is 8.11. The Kier molecular flexibility index (Phi) is 3.77. The fourth-order valence-electron chi connectivity index (χ4n) is 2.59. The highest BCUT2D eigenvalue weighted by Crippen LogP contribution is 2.36. The number of benzene rings is 1. The Hall–Kier alpha value is -0.960. The summed E-state index contributed by atoms with van der Waals surface area (Å²) in [4.78, 5) is 0. The van der Waals surface area contributed by atoms with E-state index in [0.717, 1.165) is 12.6 Å². The van der Waals surface area contributed by atoms with Gasteiger partial charge in [0.15, 0.2) is 11.6 Å². The molecule has 0 heterocycles. The van der Waals surface area contributed by atoms with E-state index in [0.29, 0.717) is 17.5 Å². The second-order valence-electron chi connectivity index (χ2n) is 5.33. The molecular weight excluding hydrogens is 220 g/mol. The van der Waals surface area contributed by atoms with Gasteiger partial charge in [-0.05, 0) is 24.3 Å². The van der Waals surface area contributed by atoms with Gasteiger partial charge in [0.25, 0.3) is 0 Å². The minimum Gasteiger partial charge on any atom is -0.312 e. The van der Waals surface area contributed by atoms with E-state index in [2.05, 4.69) is 12.2 Å². The zero-order valence-corrected chi connectivity index (χ0v) is 10.2. The molecule has 1 nitrogen and oxygen atoms in total. The van der Waals surface area contributed by atoms with Crippen LogP contribution in [0.15, 0.2) is 18.2 Å². The van der Waals surface area contributed by atoms with Gasteiger partial charge in [0.2, 0.25) is 0 Å². The lowest BCUT2D eigenvalue weighted by Crippen LogP contribution is -2.29. The molecule has 17 heavy (non-hydrogen) atoms. The van der Waals surface area contributed by atoms with E-state index < -0.39 is 11.6 Å². The highest BCUT2D eigenvalue weighted by molar-refractivity contribution is 5.18. The third kappa shape index (κ3) is 3.03. The number of halogens is 2. The van der Waals surface area contributed by atoms with Gasteiger partial charge in [-0.25, -0.2) is 8.78 Å². The third-order valence-corrected chi connectivity index (χ3v) is 3.71. The predicted molar refractivity (Wildman–Crippen MR) is 64.6 cm³/mol. The summed E-state index contributed by atoms with van der Waals surface area (Å²) in [5, 5.41) is 3.25. The summed E-state index contributed by atoms with van der Waals surface area (Å²) < 4.78 is 26.4. The van der Waals surface area contributed by atoms with E-state index in [9.17, 15) is 8.78 Å². The molecule has 1 aliphatic carbocycles. The van der Waals surface area contributed by atoms with Gasteiger partial charge in [-0.3, -0.25) is 0 Å². The van der Waals surface area contributed by atoms with Crippen LogP contribution in [0, 0.1) is 17.0 Å². The highest BCUT2D eigenvalue weighted by atomic mass is 19.2. The maximum Gasteiger partial charge on any atom is 0.163 e. The van der Waals surface area contributed by atoms with E-state index in [1.54, 1.807) is 12.1 Å². The topological polar surface area (TPSA) is 12.0 Å². The second kappa shape index (κ2) is 5.13. The Bertz CT molecular complexity index is 384. The summed E-state index contributed by atoms with van der Waals surface area (Å²) in [6, 6.07) is 4.33. The Morgan fingerprint density at radius 1 is 1.24 bits per heavy atom.